The Morgan fingerprint density at radius 1 is 1.53 bits per heavy atom. The quantitative estimate of drug-likeness (QED) is 0.470. The zero-order valence-electron chi connectivity index (χ0n) is 10.7. The maximum absolute atomic E-state index is 10.8. The second-order valence-corrected chi connectivity index (χ2v) is 5.28. The van der Waals surface area contributed by atoms with Gasteiger partial charge in [0.1, 0.15) is 11.0 Å². The fourth-order valence-electron chi connectivity index (χ4n) is 1.29. The molecule has 0 aliphatic rings. The van der Waals surface area contributed by atoms with Gasteiger partial charge in [-0.25, -0.2) is 0 Å². The Kier molecular flexibility index (Phi) is 5.62. The first kappa shape index (κ1) is 15.3. The van der Waals surface area contributed by atoms with Crippen molar-refractivity contribution in [1.82, 2.24) is 0 Å². The van der Waals surface area contributed by atoms with Gasteiger partial charge < -0.3 is 9.84 Å². The Balaban J connectivity index is 2.98. The molecule has 0 saturated heterocycles. The molecule has 1 aromatic rings. The summed E-state index contributed by atoms with van der Waals surface area (Å²) in [4.78, 5) is 21.6. The molecule has 0 fully saturated rings. The minimum Gasteiger partial charge on any atom is -0.493 e. The highest BCUT2D eigenvalue weighted by atomic mass is 32.2. The van der Waals surface area contributed by atoms with Gasteiger partial charge in [0.05, 0.1) is 17.6 Å². The van der Waals surface area contributed by atoms with Crippen LogP contribution in [-0.4, -0.2) is 27.9 Å². The molecule has 0 bridgehead atoms. The average molecular weight is 285 g/mol. The molecule has 1 unspecified atom stereocenters. The summed E-state index contributed by atoms with van der Waals surface area (Å²) in [7, 11) is 0. The van der Waals surface area contributed by atoms with Crippen molar-refractivity contribution in [1.29, 1.82) is 0 Å². The fourth-order valence-corrected chi connectivity index (χ4v) is 2.17. The largest absolute Gasteiger partial charge is 0.493 e. The average Bonchev–Trinajstić information content (AvgIpc) is 2.35. The van der Waals surface area contributed by atoms with Crippen LogP contribution in [0.25, 0.3) is 0 Å². The van der Waals surface area contributed by atoms with Crippen molar-refractivity contribution in [3.05, 3.63) is 28.3 Å². The highest BCUT2D eigenvalue weighted by molar-refractivity contribution is 8.00. The van der Waals surface area contributed by atoms with Crippen LogP contribution in [-0.2, 0) is 4.79 Å². The third-order valence-electron chi connectivity index (χ3n) is 2.21. The van der Waals surface area contributed by atoms with Crippen LogP contribution in [0.1, 0.15) is 20.3 Å². The van der Waals surface area contributed by atoms with E-state index in [0.29, 0.717) is 17.3 Å². The Morgan fingerprint density at radius 3 is 2.74 bits per heavy atom. The summed E-state index contributed by atoms with van der Waals surface area (Å²) in [6.45, 7) is 3.91. The number of carboxylic acid groups (broad SMARTS) is 1. The van der Waals surface area contributed by atoms with Crippen molar-refractivity contribution in [2.75, 3.05) is 6.61 Å². The van der Waals surface area contributed by atoms with Crippen molar-refractivity contribution in [3.8, 4) is 5.75 Å². The molecular formula is C12H15NO5S. The number of nitro benzene ring substituents is 1. The molecule has 0 aliphatic heterocycles. The third-order valence-corrected chi connectivity index (χ3v) is 3.27. The lowest BCUT2D eigenvalue weighted by Gasteiger charge is -2.09. The van der Waals surface area contributed by atoms with Crippen molar-refractivity contribution >= 4 is 23.4 Å². The molecule has 19 heavy (non-hydrogen) atoms. The van der Waals surface area contributed by atoms with Crippen molar-refractivity contribution in [3.63, 3.8) is 0 Å². The predicted octanol–water partition coefficient (Wildman–Crippen LogP) is 2.95. The van der Waals surface area contributed by atoms with E-state index in [1.54, 1.807) is 6.07 Å². The van der Waals surface area contributed by atoms with E-state index in [9.17, 15) is 14.9 Å². The van der Waals surface area contributed by atoms with Gasteiger partial charge in [-0.2, -0.15) is 0 Å². The lowest BCUT2D eigenvalue weighted by Crippen LogP contribution is -2.11. The summed E-state index contributed by atoms with van der Waals surface area (Å²) in [6.07, 6.45) is 0.788. The first-order valence-electron chi connectivity index (χ1n) is 5.75. The molecular weight excluding hydrogens is 270 g/mol. The van der Waals surface area contributed by atoms with Crippen molar-refractivity contribution < 1.29 is 19.6 Å². The highest BCUT2D eigenvalue weighted by Gasteiger charge is 2.16. The van der Waals surface area contributed by atoms with Gasteiger partial charge in [0, 0.05) is 11.0 Å². The standard InChI is InChI=1S/C12H15NO5S/c1-3-4-18-10-5-9(13(16)17)6-11(7-10)19-8(2)12(14)15/h5-8H,3-4H2,1-2H3,(H,14,15). The molecule has 1 N–H and O–H groups in total. The number of hydrogen-bond donors (Lipinski definition) is 1. The van der Waals surface area contributed by atoms with Crippen molar-refractivity contribution in [2.24, 2.45) is 0 Å². The molecule has 1 rings (SSSR count). The van der Waals surface area contributed by atoms with Gasteiger partial charge in [-0.1, -0.05) is 6.92 Å². The number of carbonyl (C=O) groups is 1. The summed E-state index contributed by atoms with van der Waals surface area (Å²) in [5, 5.41) is 19.0. The van der Waals surface area contributed by atoms with Crippen LogP contribution in [0.4, 0.5) is 5.69 Å². The molecule has 0 spiro atoms. The maximum Gasteiger partial charge on any atom is 0.316 e. The Morgan fingerprint density at radius 2 is 2.21 bits per heavy atom. The fraction of sp³-hybridized carbons (Fsp3) is 0.417. The van der Waals surface area contributed by atoms with E-state index in [0.717, 1.165) is 18.2 Å². The Bertz CT molecular complexity index is 477. The first-order valence-corrected chi connectivity index (χ1v) is 6.63. The number of nitrogens with zero attached hydrogens (tertiary/aromatic N) is 1. The van der Waals surface area contributed by atoms with Gasteiger partial charge in [0.25, 0.3) is 5.69 Å². The molecule has 0 aromatic heterocycles. The number of rotatable bonds is 7. The van der Waals surface area contributed by atoms with Gasteiger partial charge in [-0.3, -0.25) is 14.9 Å². The highest BCUT2D eigenvalue weighted by Crippen LogP contribution is 2.31. The molecule has 0 amide bonds. The molecule has 6 nitrogen and oxygen atoms in total. The minimum absolute atomic E-state index is 0.103. The zero-order chi connectivity index (χ0) is 14.4. The third kappa shape index (κ3) is 4.78. The number of non-ortho nitro benzene ring substituents is 1. The lowest BCUT2D eigenvalue weighted by molar-refractivity contribution is -0.385. The van der Waals surface area contributed by atoms with E-state index >= 15 is 0 Å². The SMILES string of the molecule is CCCOc1cc(SC(C)C(=O)O)cc([N+](=O)[O-])c1. The zero-order valence-corrected chi connectivity index (χ0v) is 11.5. The number of hydrogen-bond acceptors (Lipinski definition) is 5. The number of nitro groups is 1. The molecule has 1 aromatic carbocycles. The van der Waals surface area contributed by atoms with Gasteiger partial charge in [0.2, 0.25) is 0 Å². The molecule has 0 saturated carbocycles. The van der Waals surface area contributed by atoms with Gasteiger partial charge in [-0.05, 0) is 19.4 Å². The van der Waals surface area contributed by atoms with E-state index in [4.69, 9.17) is 9.84 Å². The second kappa shape index (κ2) is 6.98. The summed E-state index contributed by atoms with van der Waals surface area (Å²) >= 11 is 1.05. The van der Waals surface area contributed by atoms with Gasteiger partial charge in [-0.15, -0.1) is 11.8 Å². The topological polar surface area (TPSA) is 89.7 Å². The summed E-state index contributed by atoms with van der Waals surface area (Å²) in [6, 6.07) is 4.31. The molecule has 104 valence electrons. The first-order chi connectivity index (χ1) is 8.93. The number of thioether (sulfide) groups is 1. The monoisotopic (exact) mass is 285 g/mol. The summed E-state index contributed by atoms with van der Waals surface area (Å²) in [5.41, 5.74) is -0.103. The number of ether oxygens (including phenoxy) is 1. The normalized spacial score (nSPS) is 11.9. The van der Waals surface area contributed by atoms with Crippen LogP contribution in [0.15, 0.2) is 23.1 Å². The maximum atomic E-state index is 10.8. The minimum atomic E-state index is -0.965. The number of carboxylic acids is 1. The smallest absolute Gasteiger partial charge is 0.316 e. The van der Waals surface area contributed by atoms with Crippen LogP contribution in [0, 0.1) is 10.1 Å². The van der Waals surface area contributed by atoms with Crippen LogP contribution in [0.2, 0.25) is 0 Å². The van der Waals surface area contributed by atoms with Gasteiger partial charge >= 0.3 is 5.97 Å². The Labute approximate surface area is 114 Å². The van der Waals surface area contributed by atoms with Crippen LogP contribution in [0.3, 0.4) is 0 Å². The van der Waals surface area contributed by atoms with E-state index < -0.39 is 16.1 Å². The molecule has 0 aliphatic carbocycles. The van der Waals surface area contributed by atoms with Crippen LogP contribution in [0.5, 0.6) is 5.75 Å². The van der Waals surface area contributed by atoms with Crippen LogP contribution >= 0.6 is 11.8 Å². The van der Waals surface area contributed by atoms with E-state index in [-0.39, 0.29) is 5.69 Å². The van der Waals surface area contributed by atoms with E-state index in [1.807, 2.05) is 6.92 Å². The summed E-state index contributed by atoms with van der Waals surface area (Å²) in [5.74, 6) is -0.580. The van der Waals surface area contributed by atoms with Gasteiger partial charge in [0.15, 0.2) is 0 Å². The van der Waals surface area contributed by atoms with Crippen LogP contribution < -0.4 is 4.74 Å². The predicted molar refractivity (Wildman–Crippen MR) is 71.8 cm³/mol. The molecule has 1 atom stereocenters. The molecule has 0 heterocycles. The second-order valence-electron chi connectivity index (χ2n) is 3.87. The number of benzene rings is 1. The molecule has 7 heteroatoms. The summed E-state index contributed by atoms with van der Waals surface area (Å²) < 4.78 is 5.36. The van der Waals surface area contributed by atoms with Crippen molar-refractivity contribution in [2.45, 2.75) is 30.4 Å². The Hall–Kier alpha value is -1.76. The lowest BCUT2D eigenvalue weighted by atomic mass is 10.3. The van der Waals surface area contributed by atoms with E-state index in [1.165, 1.54) is 19.1 Å². The number of aliphatic carboxylic acids is 1. The van der Waals surface area contributed by atoms with E-state index in [2.05, 4.69) is 0 Å². The molecule has 0 radical (unpaired) electrons.